The molecule has 0 radical (unpaired) electrons. The molecule has 0 fully saturated rings. The first-order valence-electron chi connectivity index (χ1n) is 6.69. The Labute approximate surface area is 114 Å². The number of halogens is 1. The van der Waals surface area contributed by atoms with Gasteiger partial charge in [-0.15, -0.1) is 0 Å². The van der Waals surface area contributed by atoms with Crippen LogP contribution in [0.5, 0.6) is 0 Å². The van der Waals surface area contributed by atoms with Crippen LogP contribution in [-0.2, 0) is 11.2 Å². The lowest BCUT2D eigenvalue weighted by Crippen LogP contribution is -2.48. The summed E-state index contributed by atoms with van der Waals surface area (Å²) in [4.78, 5) is 11.8. The van der Waals surface area contributed by atoms with Gasteiger partial charge in [-0.05, 0) is 51.8 Å². The van der Waals surface area contributed by atoms with Gasteiger partial charge in [0, 0.05) is 12.1 Å². The molecule has 1 aromatic carbocycles. The van der Waals surface area contributed by atoms with E-state index in [4.69, 9.17) is 0 Å². The van der Waals surface area contributed by atoms with E-state index in [-0.39, 0.29) is 29.8 Å². The van der Waals surface area contributed by atoms with Crippen LogP contribution in [0, 0.1) is 5.82 Å². The van der Waals surface area contributed by atoms with Crippen LogP contribution in [0.1, 0.15) is 33.3 Å². The molecule has 0 aromatic heterocycles. The number of rotatable bonds is 6. The zero-order valence-corrected chi connectivity index (χ0v) is 12.0. The van der Waals surface area contributed by atoms with Crippen LogP contribution in [0.25, 0.3) is 0 Å². The Bertz CT molecular complexity index is 403. The Kier molecular flexibility index (Phi) is 5.96. The number of nitrogens with one attached hydrogen (secondary N) is 2. The lowest BCUT2D eigenvalue weighted by atomic mass is 10.1. The molecule has 0 spiro atoms. The van der Waals surface area contributed by atoms with E-state index in [1.165, 1.54) is 12.1 Å². The maximum atomic E-state index is 12.8. The minimum atomic E-state index is -0.238. The Morgan fingerprint density at radius 3 is 2.26 bits per heavy atom. The van der Waals surface area contributed by atoms with Crippen molar-refractivity contribution in [2.24, 2.45) is 0 Å². The van der Waals surface area contributed by atoms with Crippen LogP contribution in [0.4, 0.5) is 4.39 Å². The molecule has 0 bridgehead atoms. The molecular formula is C15H23FN2O. The summed E-state index contributed by atoms with van der Waals surface area (Å²) < 4.78 is 12.8. The fraction of sp³-hybridized carbons (Fsp3) is 0.533. The molecule has 19 heavy (non-hydrogen) atoms. The van der Waals surface area contributed by atoms with E-state index >= 15 is 0 Å². The second-order valence-electron chi connectivity index (χ2n) is 5.28. The van der Waals surface area contributed by atoms with Crippen LogP contribution in [0.2, 0.25) is 0 Å². The van der Waals surface area contributed by atoms with Gasteiger partial charge in [-0.3, -0.25) is 4.79 Å². The van der Waals surface area contributed by atoms with Gasteiger partial charge < -0.3 is 10.6 Å². The maximum Gasteiger partial charge on any atom is 0.237 e. The van der Waals surface area contributed by atoms with E-state index in [2.05, 4.69) is 10.6 Å². The third kappa shape index (κ3) is 5.83. The highest BCUT2D eigenvalue weighted by molar-refractivity contribution is 5.81. The first kappa shape index (κ1) is 15.6. The summed E-state index contributed by atoms with van der Waals surface area (Å²) in [6.07, 6.45) is 0.763. The van der Waals surface area contributed by atoms with Crippen molar-refractivity contribution in [1.82, 2.24) is 10.6 Å². The van der Waals surface area contributed by atoms with E-state index in [0.29, 0.717) is 0 Å². The van der Waals surface area contributed by atoms with Gasteiger partial charge in [0.2, 0.25) is 5.91 Å². The molecule has 2 unspecified atom stereocenters. The number of carbonyl (C=O) groups excluding carboxylic acids is 1. The molecule has 106 valence electrons. The van der Waals surface area contributed by atoms with Gasteiger partial charge in [0.1, 0.15) is 5.82 Å². The number of hydrogen-bond acceptors (Lipinski definition) is 2. The minimum Gasteiger partial charge on any atom is -0.353 e. The summed E-state index contributed by atoms with van der Waals surface area (Å²) in [5.41, 5.74) is 1.05. The summed E-state index contributed by atoms with van der Waals surface area (Å²) in [5, 5.41) is 6.11. The molecule has 0 heterocycles. The summed E-state index contributed by atoms with van der Waals surface area (Å²) in [6.45, 7) is 7.74. The smallest absolute Gasteiger partial charge is 0.237 e. The van der Waals surface area contributed by atoms with Crippen molar-refractivity contribution in [3.8, 4) is 0 Å². The molecule has 0 saturated carbocycles. The quantitative estimate of drug-likeness (QED) is 0.829. The van der Waals surface area contributed by atoms with Gasteiger partial charge in [0.05, 0.1) is 6.04 Å². The minimum absolute atomic E-state index is 0.000885. The van der Waals surface area contributed by atoms with E-state index < -0.39 is 0 Å². The predicted octanol–water partition coefficient (Wildman–Crippen LogP) is 2.26. The topological polar surface area (TPSA) is 41.1 Å². The molecule has 1 amide bonds. The highest BCUT2D eigenvalue weighted by Gasteiger charge is 2.15. The third-order valence-corrected chi connectivity index (χ3v) is 2.81. The molecule has 1 rings (SSSR count). The average Bonchev–Trinajstić information content (AvgIpc) is 2.31. The van der Waals surface area contributed by atoms with Crippen molar-refractivity contribution in [2.75, 3.05) is 0 Å². The van der Waals surface area contributed by atoms with Crippen molar-refractivity contribution in [3.05, 3.63) is 35.6 Å². The Hall–Kier alpha value is -1.42. The summed E-state index contributed by atoms with van der Waals surface area (Å²) in [5.74, 6) is -0.227. The van der Waals surface area contributed by atoms with E-state index in [1.807, 2.05) is 27.7 Å². The van der Waals surface area contributed by atoms with Gasteiger partial charge in [-0.1, -0.05) is 12.1 Å². The molecule has 0 aliphatic carbocycles. The number of carbonyl (C=O) groups is 1. The average molecular weight is 266 g/mol. The Balaban J connectivity index is 2.44. The van der Waals surface area contributed by atoms with Crippen molar-refractivity contribution in [3.63, 3.8) is 0 Å². The highest BCUT2D eigenvalue weighted by Crippen LogP contribution is 2.06. The molecule has 0 saturated heterocycles. The first-order chi connectivity index (χ1) is 8.88. The third-order valence-electron chi connectivity index (χ3n) is 2.81. The second kappa shape index (κ2) is 7.24. The van der Waals surface area contributed by atoms with Crippen LogP contribution >= 0.6 is 0 Å². The molecule has 4 heteroatoms. The van der Waals surface area contributed by atoms with Crippen molar-refractivity contribution >= 4 is 5.91 Å². The zero-order valence-electron chi connectivity index (χ0n) is 12.0. The van der Waals surface area contributed by atoms with Gasteiger partial charge in [0.25, 0.3) is 0 Å². The highest BCUT2D eigenvalue weighted by atomic mass is 19.1. The Morgan fingerprint density at radius 2 is 1.74 bits per heavy atom. The molecule has 1 aromatic rings. The summed E-state index contributed by atoms with van der Waals surface area (Å²) >= 11 is 0. The lowest BCUT2D eigenvalue weighted by Gasteiger charge is -2.20. The molecule has 0 aliphatic rings. The van der Waals surface area contributed by atoms with Gasteiger partial charge >= 0.3 is 0 Å². The molecule has 0 aliphatic heterocycles. The monoisotopic (exact) mass is 266 g/mol. The van der Waals surface area contributed by atoms with Crippen molar-refractivity contribution in [1.29, 1.82) is 0 Å². The van der Waals surface area contributed by atoms with Crippen LogP contribution in [0.3, 0.4) is 0 Å². The number of amides is 1. The molecule has 2 N–H and O–H groups in total. The van der Waals surface area contributed by atoms with E-state index in [9.17, 15) is 9.18 Å². The maximum absolute atomic E-state index is 12.8. The van der Waals surface area contributed by atoms with E-state index in [0.717, 1.165) is 12.0 Å². The molecule has 2 atom stereocenters. The predicted molar refractivity (Wildman–Crippen MR) is 75.4 cm³/mol. The van der Waals surface area contributed by atoms with Gasteiger partial charge in [-0.2, -0.15) is 0 Å². The standard InChI is InChI=1S/C15H23FN2O/c1-10(2)17-15(19)12(4)18-11(3)9-13-5-7-14(16)8-6-13/h5-8,10-12,18H,9H2,1-4H3,(H,17,19). The Morgan fingerprint density at radius 1 is 1.16 bits per heavy atom. The van der Waals surface area contributed by atoms with Crippen molar-refractivity contribution < 1.29 is 9.18 Å². The largest absolute Gasteiger partial charge is 0.353 e. The van der Waals surface area contributed by atoms with E-state index in [1.54, 1.807) is 12.1 Å². The SMILES string of the molecule is CC(C)NC(=O)C(C)NC(C)Cc1ccc(F)cc1. The summed E-state index contributed by atoms with van der Waals surface area (Å²) in [7, 11) is 0. The zero-order chi connectivity index (χ0) is 14.4. The summed E-state index contributed by atoms with van der Waals surface area (Å²) in [6, 6.07) is 6.51. The van der Waals surface area contributed by atoms with Gasteiger partial charge in [-0.25, -0.2) is 4.39 Å². The second-order valence-corrected chi connectivity index (χ2v) is 5.28. The van der Waals surface area contributed by atoms with Crippen LogP contribution in [-0.4, -0.2) is 24.0 Å². The number of hydrogen-bond donors (Lipinski definition) is 2. The normalized spacial score (nSPS) is 14.2. The number of benzene rings is 1. The van der Waals surface area contributed by atoms with Gasteiger partial charge in [0.15, 0.2) is 0 Å². The molecular weight excluding hydrogens is 243 g/mol. The molecule has 3 nitrogen and oxygen atoms in total. The van der Waals surface area contributed by atoms with Crippen LogP contribution < -0.4 is 10.6 Å². The van der Waals surface area contributed by atoms with Crippen molar-refractivity contribution in [2.45, 2.75) is 52.2 Å². The fourth-order valence-electron chi connectivity index (χ4n) is 1.94. The first-order valence-corrected chi connectivity index (χ1v) is 6.69. The fourth-order valence-corrected chi connectivity index (χ4v) is 1.94. The van der Waals surface area contributed by atoms with Crippen LogP contribution in [0.15, 0.2) is 24.3 Å². The lowest BCUT2D eigenvalue weighted by molar-refractivity contribution is -0.123.